The van der Waals surface area contributed by atoms with E-state index in [4.69, 9.17) is 16.3 Å². The molecule has 1 aliphatic rings. The molecule has 110 valence electrons. The first-order valence-corrected chi connectivity index (χ1v) is 7.27. The van der Waals surface area contributed by atoms with Crippen LogP contribution in [0, 0.1) is 6.92 Å². The van der Waals surface area contributed by atoms with Gasteiger partial charge in [-0.1, -0.05) is 23.7 Å². The maximum atomic E-state index is 5.78. The average molecular weight is 305 g/mol. The minimum atomic E-state index is 0.123. The number of halogens is 1. The summed E-state index contributed by atoms with van der Waals surface area (Å²) in [4.78, 5) is 8.28. The van der Waals surface area contributed by atoms with Crippen LogP contribution in [0.15, 0.2) is 30.6 Å². The zero-order valence-corrected chi connectivity index (χ0v) is 12.5. The van der Waals surface area contributed by atoms with E-state index in [0.29, 0.717) is 11.0 Å². The molecule has 1 aromatic heterocycles. The highest BCUT2D eigenvalue weighted by atomic mass is 35.5. The molecule has 5 nitrogen and oxygen atoms in total. The fourth-order valence-corrected chi connectivity index (χ4v) is 2.40. The van der Waals surface area contributed by atoms with Crippen molar-refractivity contribution >= 4 is 23.2 Å². The number of nitrogens with zero attached hydrogens (tertiary/aromatic N) is 2. The highest BCUT2D eigenvalue weighted by molar-refractivity contribution is 6.30. The molecule has 3 rings (SSSR count). The summed E-state index contributed by atoms with van der Waals surface area (Å²) in [6.07, 6.45) is 3.27. The molecule has 1 saturated heterocycles. The molecule has 21 heavy (non-hydrogen) atoms. The summed E-state index contributed by atoms with van der Waals surface area (Å²) in [7, 11) is 0. The Balaban J connectivity index is 1.76. The summed E-state index contributed by atoms with van der Waals surface area (Å²) >= 11 is 5.78. The molecule has 0 bridgehead atoms. The lowest BCUT2D eigenvalue weighted by atomic mass is 10.0. The van der Waals surface area contributed by atoms with Crippen LogP contribution < -0.4 is 10.6 Å². The number of anilines is 2. The summed E-state index contributed by atoms with van der Waals surface area (Å²) < 4.78 is 5.77. The molecule has 0 saturated carbocycles. The van der Waals surface area contributed by atoms with Gasteiger partial charge in [0.05, 0.1) is 30.1 Å². The van der Waals surface area contributed by atoms with Crippen LogP contribution in [-0.2, 0) is 4.74 Å². The summed E-state index contributed by atoms with van der Waals surface area (Å²) in [6.45, 7) is 4.58. The highest BCUT2D eigenvalue weighted by Gasteiger charge is 2.16. The van der Waals surface area contributed by atoms with Crippen molar-refractivity contribution in [2.75, 3.05) is 25.0 Å². The van der Waals surface area contributed by atoms with Crippen molar-refractivity contribution in [1.82, 2.24) is 15.3 Å². The number of nitrogens with one attached hydrogen (secondary N) is 2. The van der Waals surface area contributed by atoms with E-state index >= 15 is 0 Å². The number of hydrogen-bond acceptors (Lipinski definition) is 5. The molecule has 1 aromatic carbocycles. The Bertz CT molecular complexity index is 612. The zero-order valence-electron chi connectivity index (χ0n) is 11.8. The van der Waals surface area contributed by atoms with E-state index in [-0.39, 0.29) is 6.10 Å². The zero-order chi connectivity index (χ0) is 14.7. The van der Waals surface area contributed by atoms with Crippen molar-refractivity contribution < 1.29 is 4.74 Å². The van der Waals surface area contributed by atoms with Gasteiger partial charge < -0.3 is 15.4 Å². The molecule has 0 spiro atoms. The molecular formula is C15H17ClN4O. The van der Waals surface area contributed by atoms with Crippen LogP contribution in [0.3, 0.4) is 0 Å². The minimum absolute atomic E-state index is 0.123. The number of hydrogen-bond donors (Lipinski definition) is 2. The van der Waals surface area contributed by atoms with Gasteiger partial charge in [0.2, 0.25) is 5.95 Å². The van der Waals surface area contributed by atoms with E-state index in [2.05, 4.69) is 39.7 Å². The van der Waals surface area contributed by atoms with Crippen molar-refractivity contribution in [2.24, 2.45) is 0 Å². The van der Waals surface area contributed by atoms with Crippen LogP contribution in [0.1, 0.15) is 17.2 Å². The van der Waals surface area contributed by atoms with Crippen LogP contribution in [0.2, 0.25) is 5.02 Å². The highest BCUT2D eigenvalue weighted by Crippen LogP contribution is 2.25. The van der Waals surface area contributed by atoms with Crippen molar-refractivity contribution in [1.29, 1.82) is 0 Å². The number of aryl methyl sites for hydroxylation is 1. The van der Waals surface area contributed by atoms with Crippen molar-refractivity contribution in [3.63, 3.8) is 0 Å². The van der Waals surface area contributed by atoms with Gasteiger partial charge in [-0.25, -0.2) is 9.97 Å². The topological polar surface area (TPSA) is 59.1 Å². The molecule has 1 fully saturated rings. The number of aromatic nitrogens is 2. The summed E-state index contributed by atoms with van der Waals surface area (Å²) in [5.74, 6) is 0.533. The molecule has 2 aromatic rings. The molecule has 1 atom stereocenters. The molecule has 1 unspecified atom stereocenters. The maximum Gasteiger partial charge on any atom is 0.227 e. The van der Waals surface area contributed by atoms with Gasteiger partial charge in [0.1, 0.15) is 0 Å². The minimum Gasteiger partial charge on any atom is -0.371 e. The Labute approximate surface area is 128 Å². The quantitative estimate of drug-likeness (QED) is 0.913. The molecular weight excluding hydrogens is 288 g/mol. The molecule has 2 N–H and O–H groups in total. The summed E-state index contributed by atoms with van der Waals surface area (Å²) in [5.41, 5.74) is 3.28. The number of benzene rings is 1. The largest absolute Gasteiger partial charge is 0.371 e. The van der Waals surface area contributed by atoms with E-state index in [0.717, 1.165) is 30.9 Å². The first kappa shape index (κ1) is 14.3. The summed E-state index contributed by atoms with van der Waals surface area (Å²) in [5, 5.41) is 7.05. The fraction of sp³-hybridized carbons (Fsp3) is 0.333. The SMILES string of the molecule is Cc1cc(C2CNCCO2)ccc1Nc1ncc(Cl)cn1. The van der Waals surface area contributed by atoms with Crippen molar-refractivity contribution in [2.45, 2.75) is 13.0 Å². The van der Waals surface area contributed by atoms with Crippen LogP contribution >= 0.6 is 11.6 Å². The van der Waals surface area contributed by atoms with Gasteiger partial charge in [0.25, 0.3) is 0 Å². The second-order valence-electron chi connectivity index (χ2n) is 4.99. The van der Waals surface area contributed by atoms with Gasteiger partial charge in [0, 0.05) is 18.8 Å². The number of ether oxygens (including phenoxy) is 1. The lowest BCUT2D eigenvalue weighted by molar-refractivity contribution is 0.0277. The number of morpholine rings is 1. The smallest absolute Gasteiger partial charge is 0.227 e. The Morgan fingerprint density at radius 1 is 1.33 bits per heavy atom. The molecule has 6 heteroatoms. The monoisotopic (exact) mass is 304 g/mol. The van der Waals surface area contributed by atoms with Gasteiger partial charge in [-0.05, 0) is 24.1 Å². The number of rotatable bonds is 3. The third-order valence-corrected chi connectivity index (χ3v) is 3.61. The Morgan fingerprint density at radius 3 is 2.81 bits per heavy atom. The molecule has 2 heterocycles. The molecule has 0 amide bonds. The van der Waals surface area contributed by atoms with Crippen molar-refractivity contribution in [3.05, 3.63) is 46.7 Å². The van der Waals surface area contributed by atoms with Gasteiger partial charge >= 0.3 is 0 Å². The van der Waals surface area contributed by atoms with E-state index in [1.807, 2.05) is 6.07 Å². The lowest BCUT2D eigenvalue weighted by Crippen LogP contribution is -2.33. The lowest BCUT2D eigenvalue weighted by Gasteiger charge is -2.24. The normalized spacial score (nSPS) is 18.5. The Hall–Kier alpha value is -1.69. The molecule has 1 aliphatic heterocycles. The third kappa shape index (κ3) is 3.50. The van der Waals surface area contributed by atoms with Crippen LogP contribution in [0.5, 0.6) is 0 Å². The predicted molar refractivity (Wildman–Crippen MR) is 83.1 cm³/mol. The molecule has 0 radical (unpaired) electrons. The van der Waals surface area contributed by atoms with Gasteiger partial charge in [-0.15, -0.1) is 0 Å². The van der Waals surface area contributed by atoms with Crippen LogP contribution in [0.4, 0.5) is 11.6 Å². The van der Waals surface area contributed by atoms with Gasteiger partial charge in [-0.2, -0.15) is 0 Å². The van der Waals surface area contributed by atoms with E-state index in [1.165, 1.54) is 5.56 Å². The second-order valence-corrected chi connectivity index (χ2v) is 5.42. The maximum absolute atomic E-state index is 5.78. The van der Waals surface area contributed by atoms with Gasteiger partial charge in [-0.3, -0.25) is 0 Å². The van der Waals surface area contributed by atoms with Crippen LogP contribution in [-0.4, -0.2) is 29.7 Å². The van der Waals surface area contributed by atoms with E-state index in [9.17, 15) is 0 Å². The predicted octanol–water partition coefficient (Wildman–Crippen LogP) is 2.84. The van der Waals surface area contributed by atoms with Crippen molar-refractivity contribution in [3.8, 4) is 0 Å². The van der Waals surface area contributed by atoms with E-state index < -0.39 is 0 Å². The third-order valence-electron chi connectivity index (χ3n) is 3.42. The average Bonchev–Trinajstić information content (AvgIpc) is 2.52. The fourth-order valence-electron chi connectivity index (χ4n) is 2.30. The molecule has 0 aliphatic carbocycles. The standard InChI is InChI=1S/C15H17ClN4O/c1-10-6-11(14-9-17-4-5-21-14)2-3-13(10)20-15-18-7-12(16)8-19-15/h2-3,6-8,14,17H,4-5,9H2,1H3,(H,18,19,20). The second kappa shape index (κ2) is 6.39. The van der Waals surface area contributed by atoms with Crippen LogP contribution in [0.25, 0.3) is 0 Å². The Kier molecular flexibility index (Phi) is 4.34. The first-order valence-electron chi connectivity index (χ1n) is 6.90. The van der Waals surface area contributed by atoms with Gasteiger partial charge in [0.15, 0.2) is 0 Å². The summed E-state index contributed by atoms with van der Waals surface area (Å²) in [6, 6.07) is 6.24. The Morgan fingerprint density at radius 2 is 2.14 bits per heavy atom. The van der Waals surface area contributed by atoms with E-state index in [1.54, 1.807) is 12.4 Å². The first-order chi connectivity index (χ1) is 10.2.